The molecule has 26 heavy (non-hydrogen) atoms. The SMILES string of the molecule is CCn1c(=NC(=O)c2cccc(S(=O)(=O)CC)c2)sc2cc(F)ccc21. The number of amides is 1. The largest absolute Gasteiger partial charge is 0.317 e. The van der Waals surface area contributed by atoms with Crippen molar-refractivity contribution in [2.75, 3.05) is 5.75 Å². The number of sulfone groups is 1. The monoisotopic (exact) mass is 392 g/mol. The number of nitrogens with zero attached hydrogens (tertiary/aromatic N) is 2. The van der Waals surface area contributed by atoms with Crippen LogP contribution in [0.4, 0.5) is 4.39 Å². The van der Waals surface area contributed by atoms with Crippen LogP contribution in [0.15, 0.2) is 52.4 Å². The summed E-state index contributed by atoms with van der Waals surface area (Å²) < 4.78 is 40.0. The molecule has 3 rings (SSSR count). The van der Waals surface area contributed by atoms with Crippen molar-refractivity contribution in [3.8, 4) is 0 Å². The van der Waals surface area contributed by atoms with Gasteiger partial charge in [-0.15, -0.1) is 0 Å². The van der Waals surface area contributed by atoms with Crippen molar-refractivity contribution in [2.24, 2.45) is 4.99 Å². The van der Waals surface area contributed by atoms with E-state index in [1.165, 1.54) is 47.7 Å². The minimum absolute atomic E-state index is 0.0422. The fraction of sp³-hybridized carbons (Fsp3) is 0.222. The third kappa shape index (κ3) is 3.47. The van der Waals surface area contributed by atoms with Gasteiger partial charge in [-0.3, -0.25) is 4.79 Å². The van der Waals surface area contributed by atoms with Crippen LogP contribution in [-0.2, 0) is 16.4 Å². The summed E-state index contributed by atoms with van der Waals surface area (Å²) in [6.07, 6.45) is 0. The van der Waals surface area contributed by atoms with E-state index < -0.39 is 15.7 Å². The van der Waals surface area contributed by atoms with Crippen molar-refractivity contribution in [2.45, 2.75) is 25.3 Å². The number of fused-ring (bicyclic) bond motifs is 1. The van der Waals surface area contributed by atoms with Crippen molar-refractivity contribution in [1.82, 2.24) is 4.57 Å². The van der Waals surface area contributed by atoms with Gasteiger partial charge in [0.2, 0.25) is 0 Å². The maximum absolute atomic E-state index is 13.4. The number of hydrogen-bond acceptors (Lipinski definition) is 4. The highest BCUT2D eigenvalue weighted by atomic mass is 32.2. The first-order valence-corrected chi connectivity index (χ1v) is 10.5. The molecule has 0 spiro atoms. The van der Waals surface area contributed by atoms with E-state index >= 15 is 0 Å². The zero-order chi connectivity index (χ0) is 18.9. The molecule has 0 fully saturated rings. The predicted molar refractivity (Wildman–Crippen MR) is 99.5 cm³/mol. The average molecular weight is 392 g/mol. The topological polar surface area (TPSA) is 68.5 Å². The van der Waals surface area contributed by atoms with Gasteiger partial charge >= 0.3 is 0 Å². The highest BCUT2D eigenvalue weighted by Gasteiger charge is 2.15. The van der Waals surface area contributed by atoms with Gasteiger partial charge in [0.05, 0.1) is 20.9 Å². The van der Waals surface area contributed by atoms with Crippen molar-refractivity contribution in [3.63, 3.8) is 0 Å². The molecule has 136 valence electrons. The Kier molecular flexibility index (Phi) is 5.06. The van der Waals surface area contributed by atoms with Crippen LogP contribution in [0.3, 0.4) is 0 Å². The number of aromatic nitrogens is 1. The Bertz CT molecular complexity index is 1160. The molecule has 1 amide bonds. The second-order valence-electron chi connectivity index (χ2n) is 5.59. The van der Waals surface area contributed by atoms with E-state index in [0.717, 1.165) is 5.52 Å². The van der Waals surface area contributed by atoms with Crippen LogP contribution in [-0.4, -0.2) is 24.6 Å². The number of hydrogen-bond donors (Lipinski definition) is 0. The normalized spacial score (nSPS) is 12.7. The number of aryl methyl sites for hydroxylation is 1. The molecule has 0 aliphatic heterocycles. The summed E-state index contributed by atoms with van der Waals surface area (Å²) in [6, 6.07) is 10.3. The molecule has 0 saturated heterocycles. The molecular weight excluding hydrogens is 375 g/mol. The standard InChI is InChI=1S/C18H17FN2O3S2/c1-3-21-15-9-8-13(19)11-16(15)25-18(21)20-17(22)12-6-5-7-14(10-12)26(23,24)4-2/h5-11H,3-4H2,1-2H3. The maximum Gasteiger partial charge on any atom is 0.279 e. The lowest BCUT2D eigenvalue weighted by atomic mass is 10.2. The van der Waals surface area contributed by atoms with Gasteiger partial charge in [0, 0.05) is 12.1 Å². The lowest BCUT2D eigenvalue weighted by molar-refractivity contribution is 0.0997. The van der Waals surface area contributed by atoms with Gasteiger partial charge in [0.1, 0.15) is 5.82 Å². The van der Waals surface area contributed by atoms with E-state index in [4.69, 9.17) is 0 Å². The molecule has 0 aliphatic rings. The molecule has 0 N–H and O–H groups in total. The first-order valence-electron chi connectivity index (χ1n) is 8.06. The Morgan fingerprint density at radius 3 is 2.65 bits per heavy atom. The van der Waals surface area contributed by atoms with Gasteiger partial charge in [-0.05, 0) is 43.3 Å². The van der Waals surface area contributed by atoms with E-state index in [9.17, 15) is 17.6 Å². The van der Waals surface area contributed by atoms with E-state index in [1.54, 1.807) is 13.0 Å². The van der Waals surface area contributed by atoms with Crippen molar-refractivity contribution < 1.29 is 17.6 Å². The highest BCUT2D eigenvalue weighted by molar-refractivity contribution is 7.91. The van der Waals surface area contributed by atoms with Crippen LogP contribution < -0.4 is 4.80 Å². The number of rotatable bonds is 4. The molecule has 3 aromatic rings. The lowest BCUT2D eigenvalue weighted by Crippen LogP contribution is -2.16. The maximum atomic E-state index is 13.4. The van der Waals surface area contributed by atoms with Crippen LogP contribution in [0, 0.1) is 5.82 Å². The Balaban J connectivity index is 2.10. The van der Waals surface area contributed by atoms with Gasteiger partial charge in [-0.25, -0.2) is 12.8 Å². The molecule has 0 aliphatic carbocycles. The Hall–Kier alpha value is -2.32. The molecule has 0 radical (unpaired) electrons. The van der Waals surface area contributed by atoms with Crippen LogP contribution in [0.1, 0.15) is 24.2 Å². The Labute approximate surface area is 154 Å². The summed E-state index contributed by atoms with van der Waals surface area (Å²) >= 11 is 1.22. The minimum atomic E-state index is -3.40. The first kappa shape index (κ1) is 18.5. The van der Waals surface area contributed by atoms with Crippen LogP contribution in [0.25, 0.3) is 10.2 Å². The predicted octanol–water partition coefficient (Wildman–Crippen LogP) is 3.40. The average Bonchev–Trinajstić information content (AvgIpc) is 2.97. The molecule has 0 atom stereocenters. The second-order valence-corrected chi connectivity index (χ2v) is 8.88. The minimum Gasteiger partial charge on any atom is -0.317 e. The summed E-state index contributed by atoms with van der Waals surface area (Å²) in [5, 5.41) is 0. The molecule has 1 aromatic heterocycles. The summed E-state index contributed by atoms with van der Waals surface area (Å²) in [7, 11) is -3.40. The zero-order valence-electron chi connectivity index (χ0n) is 14.3. The third-order valence-corrected chi connectivity index (χ3v) is 6.75. The Morgan fingerprint density at radius 1 is 1.19 bits per heavy atom. The van der Waals surface area contributed by atoms with Crippen molar-refractivity contribution in [3.05, 3.63) is 58.6 Å². The number of benzene rings is 2. The fourth-order valence-electron chi connectivity index (χ4n) is 2.58. The van der Waals surface area contributed by atoms with Crippen LogP contribution >= 0.6 is 11.3 Å². The molecule has 0 saturated carbocycles. The summed E-state index contributed by atoms with van der Waals surface area (Å²) in [4.78, 5) is 17.2. The molecule has 5 nitrogen and oxygen atoms in total. The van der Waals surface area contributed by atoms with Gasteiger partial charge < -0.3 is 4.57 Å². The van der Waals surface area contributed by atoms with Gasteiger partial charge in [0.25, 0.3) is 5.91 Å². The first-order chi connectivity index (χ1) is 12.4. The quantitative estimate of drug-likeness (QED) is 0.683. The molecule has 8 heteroatoms. The van der Waals surface area contributed by atoms with Crippen LogP contribution in [0.2, 0.25) is 0 Å². The number of carbonyl (C=O) groups excluding carboxylic acids is 1. The third-order valence-electron chi connectivity index (χ3n) is 3.98. The van der Waals surface area contributed by atoms with E-state index in [1.807, 2.05) is 11.5 Å². The second kappa shape index (κ2) is 7.13. The highest BCUT2D eigenvalue weighted by Crippen LogP contribution is 2.19. The summed E-state index contributed by atoms with van der Waals surface area (Å²) in [5.74, 6) is -0.927. The van der Waals surface area contributed by atoms with Crippen molar-refractivity contribution >= 4 is 37.3 Å². The van der Waals surface area contributed by atoms with Gasteiger partial charge in [0.15, 0.2) is 14.6 Å². The number of carbonyl (C=O) groups is 1. The molecular formula is C18H17FN2O3S2. The molecule has 1 heterocycles. The van der Waals surface area contributed by atoms with E-state index in [0.29, 0.717) is 16.0 Å². The summed E-state index contributed by atoms with van der Waals surface area (Å²) in [6.45, 7) is 4.03. The van der Waals surface area contributed by atoms with Gasteiger partial charge in [-0.1, -0.05) is 24.3 Å². The fourth-order valence-corrected chi connectivity index (χ4v) is 4.62. The van der Waals surface area contributed by atoms with E-state index in [-0.39, 0.29) is 22.0 Å². The Morgan fingerprint density at radius 2 is 1.96 bits per heavy atom. The number of halogens is 1. The smallest absolute Gasteiger partial charge is 0.279 e. The lowest BCUT2D eigenvalue weighted by Gasteiger charge is -2.03. The van der Waals surface area contributed by atoms with Crippen molar-refractivity contribution in [1.29, 1.82) is 0 Å². The number of thiazole rings is 1. The summed E-state index contributed by atoms with van der Waals surface area (Å²) in [5.41, 5.74) is 0.999. The molecule has 2 aromatic carbocycles. The van der Waals surface area contributed by atoms with E-state index in [2.05, 4.69) is 4.99 Å². The zero-order valence-corrected chi connectivity index (χ0v) is 15.9. The molecule has 0 bridgehead atoms. The van der Waals surface area contributed by atoms with Gasteiger partial charge in [-0.2, -0.15) is 4.99 Å². The molecule has 0 unspecified atom stereocenters. The van der Waals surface area contributed by atoms with Crippen LogP contribution in [0.5, 0.6) is 0 Å².